The highest BCUT2D eigenvalue weighted by molar-refractivity contribution is 5.83. The van der Waals surface area contributed by atoms with Crippen LogP contribution in [0.4, 0.5) is 0 Å². The highest BCUT2D eigenvalue weighted by Crippen LogP contribution is 2.37. The predicted octanol–water partition coefficient (Wildman–Crippen LogP) is 3.35. The van der Waals surface area contributed by atoms with Gasteiger partial charge in [0.25, 0.3) is 0 Å². The van der Waals surface area contributed by atoms with Crippen LogP contribution in [0.15, 0.2) is 36.4 Å². The number of phenolic OH excluding ortho intramolecular Hbond substituents is 1. The van der Waals surface area contributed by atoms with E-state index in [1.165, 1.54) is 0 Å². The number of hydrogen-bond donors (Lipinski definition) is 1. The van der Waals surface area contributed by atoms with Crippen LogP contribution < -0.4 is 9.47 Å². The van der Waals surface area contributed by atoms with Gasteiger partial charge in [-0.05, 0) is 31.2 Å². The largest absolute Gasteiger partial charge is 0.504 e. The van der Waals surface area contributed by atoms with Crippen molar-refractivity contribution < 1.29 is 14.6 Å². The van der Waals surface area contributed by atoms with Crippen LogP contribution in [0.1, 0.15) is 6.92 Å². The topological polar surface area (TPSA) is 56.5 Å². The second-order valence-electron chi connectivity index (χ2n) is 4.93. The van der Waals surface area contributed by atoms with Gasteiger partial charge in [0.05, 0.1) is 30.3 Å². The van der Waals surface area contributed by atoms with Crippen molar-refractivity contribution in [2.24, 2.45) is 7.05 Å². The first-order valence-electron chi connectivity index (χ1n) is 7.11. The van der Waals surface area contributed by atoms with E-state index in [9.17, 15) is 5.11 Å². The van der Waals surface area contributed by atoms with E-state index in [0.29, 0.717) is 23.7 Å². The molecule has 0 aliphatic rings. The number of imidazole rings is 1. The number of rotatable bonds is 4. The summed E-state index contributed by atoms with van der Waals surface area (Å²) in [5, 5.41) is 10.4. The van der Waals surface area contributed by atoms with Crippen molar-refractivity contribution in [2.45, 2.75) is 6.92 Å². The van der Waals surface area contributed by atoms with Crippen LogP contribution in [0.2, 0.25) is 0 Å². The lowest BCUT2D eigenvalue weighted by Gasteiger charge is -2.10. The number of fused-ring (bicyclic) bond motifs is 1. The van der Waals surface area contributed by atoms with E-state index in [0.717, 1.165) is 16.8 Å². The molecule has 0 aliphatic carbocycles. The molecule has 0 bridgehead atoms. The fourth-order valence-corrected chi connectivity index (χ4v) is 2.52. The van der Waals surface area contributed by atoms with Gasteiger partial charge in [0.15, 0.2) is 11.5 Å². The van der Waals surface area contributed by atoms with E-state index in [2.05, 4.69) is 4.98 Å². The van der Waals surface area contributed by atoms with Crippen LogP contribution in [0.5, 0.6) is 17.2 Å². The van der Waals surface area contributed by atoms with E-state index in [1.807, 2.05) is 48.9 Å². The Morgan fingerprint density at radius 2 is 2.05 bits per heavy atom. The summed E-state index contributed by atoms with van der Waals surface area (Å²) in [5.74, 6) is 2.01. The van der Waals surface area contributed by atoms with Crippen molar-refractivity contribution in [2.75, 3.05) is 13.7 Å². The summed E-state index contributed by atoms with van der Waals surface area (Å²) < 4.78 is 12.6. The van der Waals surface area contributed by atoms with Crippen molar-refractivity contribution >= 4 is 11.0 Å². The molecule has 1 aromatic heterocycles. The fourth-order valence-electron chi connectivity index (χ4n) is 2.52. The number of para-hydroxylation sites is 1. The van der Waals surface area contributed by atoms with Crippen LogP contribution in [-0.4, -0.2) is 28.4 Å². The van der Waals surface area contributed by atoms with Gasteiger partial charge in [0.1, 0.15) is 11.6 Å². The molecule has 114 valence electrons. The monoisotopic (exact) mass is 298 g/mol. The van der Waals surface area contributed by atoms with Crippen molar-refractivity contribution in [3.63, 3.8) is 0 Å². The summed E-state index contributed by atoms with van der Waals surface area (Å²) in [7, 11) is 3.55. The average Bonchev–Trinajstić information content (AvgIpc) is 2.86. The standard InChI is InChI=1S/C17H18N2O3/c1-4-22-15-7-5-6-12(16(15)20)17-18-13-10-11(21-3)8-9-14(13)19(17)2/h5-10,20H,4H2,1-3H3. The van der Waals surface area contributed by atoms with Gasteiger partial charge >= 0.3 is 0 Å². The molecule has 0 unspecified atom stereocenters. The van der Waals surface area contributed by atoms with Gasteiger partial charge in [0.2, 0.25) is 0 Å². The van der Waals surface area contributed by atoms with E-state index in [-0.39, 0.29) is 5.75 Å². The molecule has 22 heavy (non-hydrogen) atoms. The Kier molecular flexibility index (Phi) is 3.63. The second kappa shape index (κ2) is 5.60. The lowest BCUT2D eigenvalue weighted by molar-refractivity contribution is 0.318. The van der Waals surface area contributed by atoms with Gasteiger partial charge in [-0.3, -0.25) is 0 Å². The average molecular weight is 298 g/mol. The summed E-state index contributed by atoms with van der Waals surface area (Å²) in [4.78, 5) is 4.62. The minimum absolute atomic E-state index is 0.106. The van der Waals surface area contributed by atoms with Crippen LogP contribution >= 0.6 is 0 Å². The number of aromatic nitrogens is 2. The predicted molar refractivity (Wildman–Crippen MR) is 85.5 cm³/mol. The minimum atomic E-state index is 0.106. The molecule has 3 rings (SSSR count). The maximum absolute atomic E-state index is 10.4. The highest BCUT2D eigenvalue weighted by atomic mass is 16.5. The first-order valence-corrected chi connectivity index (χ1v) is 7.11. The Labute approximate surface area is 128 Å². The first kappa shape index (κ1) is 14.3. The van der Waals surface area contributed by atoms with Gasteiger partial charge in [-0.2, -0.15) is 0 Å². The van der Waals surface area contributed by atoms with Crippen molar-refractivity contribution in [1.29, 1.82) is 0 Å². The number of hydrogen-bond acceptors (Lipinski definition) is 4. The third kappa shape index (κ3) is 2.24. The number of methoxy groups -OCH3 is 1. The summed E-state index contributed by atoms with van der Waals surface area (Å²) >= 11 is 0. The van der Waals surface area contributed by atoms with E-state index in [4.69, 9.17) is 9.47 Å². The maximum atomic E-state index is 10.4. The molecule has 0 amide bonds. The van der Waals surface area contributed by atoms with Crippen LogP contribution in [0.25, 0.3) is 22.4 Å². The zero-order chi connectivity index (χ0) is 15.7. The van der Waals surface area contributed by atoms with Crippen LogP contribution in [0, 0.1) is 0 Å². The van der Waals surface area contributed by atoms with Gasteiger partial charge in [-0.25, -0.2) is 4.98 Å². The molecule has 0 saturated carbocycles. The van der Waals surface area contributed by atoms with E-state index in [1.54, 1.807) is 13.2 Å². The second-order valence-corrected chi connectivity index (χ2v) is 4.93. The number of nitrogens with zero attached hydrogens (tertiary/aromatic N) is 2. The number of aromatic hydroxyl groups is 1. The quantitative estimate of drug-likeness (QED) is 0.802. The summed E-state index contributed by atoms with van der Waals surface area (Å²) in [6.07, 6.45) is 0. The van der Waals surface area contributed by atoms with Gasteiger partial charge < -0.3 is 19.1 Å². The summed E-state index contributed by atoms with van der Waals surface area (Å²) in [6, 6.07) is 11.1. The number of ether oxygens (including phenoxy) is 2. The minimum Gasteiger partial charge on any atom is -0.504 e. The van der Waals surface area contributed by atoms with E-state index >= 15 is 0 Å². The van der Waals surface area contributed by atoms with Crippen LogP contribution in [-0.2, 0) is 7.05 Å². The smallest absolute Gasteiger partial charge is 0.168 e. The maximum Gasteiger partial charge on any atom is 0.168 e. The lowest BCUT2D eigenvalue weighted by atomic mass is 10.1. The van der Waals surface area contributed by atoms with Gasteiger partial charge in [-0.1, -0.05) is 6.07 Å². The van der Waals surface area contributed by atoms with Crippen molar-refractivity contribution in [3.8, 4) is 28.6 Å². The highest BCUT2D eigenvalue weighted by Gasteiger charge is 2.16. The zero-order valence-corrected chi connectivity index (χ0v) is 12.8. The number of benzene rings is 2. The molecule has 5 nitrogen and oxygen atoms in total. The van der Waals surface area contributed by atoms with E-state index < -0.39 is 0 Å². The summed E-state index contributed by atoms with van der Waals surface area (Å²) in [6.45, 7) is 2.38. The van der Waals surface area contributed by atoms with Gasteiger partial charge in [-0.15, -0.1) is 0 Å². The van der Waals surface area contributed by atoms with Gasteiger partial charge in [0, 0.05) is 13.1 Å². The Balaban J connectivity index is 2.18. The Morgan fingerprint density at radius 3 is 2.77 bits per heavy atom. The Hall–Kier alpha value is -2.69. The Bertz CT molecular complexity index is 824. The summed E-state index contributed by atoms with van der Waals surface area (Å²) in [5.41, 5.74) is 2.43. The molecular formula is C17H18N2O3. The number of aryl methyl sites for hydroxylation is 1. The molecule has 0 radical (unpaired) electrons. The lowest BCUT2D eigenvalue weighted by Crippen LogP contribution is -1.96. The third-order valence-electron chi connectivity index (χ3n) is 3.63. The molecule has 2 aromatic carbocycles. The fraction of sp³-hybridized carbons (Fsp3) is 0.235. The molecule has 3 aromatic rings. The molecular weight excluding hydrogens is 280 g/mol. The molecule has 0 aliphatic heterocycles. The zero-order valence-electron chi connectivity index (χ0n) is 12.8. The molecule has 5 heteroatoms. The molecule has 1 N–H and O–H groups in total. The van der Waals surface area contributed by atoms with Crippen molar-refractivity contribution in [1.82, 2.24) is 9.55 Å². The number of phenols is 1. The SMILES string of the molecule is CCOc1cccc(-c2nc3cc(OC)ccc3n2C)c1O. The molecule has 0 atom stereocenters. The normalized spacial score (nSPS) is 10.9. The Morgan fingerprint density at radius 1 is 1.23 bits per heavy atom. The van der Waals surface area contributed by atoms with Crippen molar-refractivity contribution in [3.05, 3.63) is 36.4 Å². The first-order chi connectivity index (χ1) is 10.7. The molecule has 0 saturated heterocycles. The molecule has 0 spiro atoms. The molecule has 1 heterocycles. The van der Waals surface area contributed by atoms with Crippen LogP contribution in [0.3, 0.4) is 0 Å². The molecule has 0 fully saturated rings. The third-order valence-corrected chi connectivity index (χ3v) is 3.63.